The number of hydrogen-bond donors (Lipinski definition) is 4. The third-order valence-electron chi connectivity index (χ3n) is 12.0. The Morgan fingerprint density at radius 2 is 1.05 bits per heavy atom. The lowest BCUT2D eigenvalue weighted by atomic mass is 9.99. The summed E-state index contributed by atoms with van der Waals surface area (Å²) in [4.78, 5) is 12.9. The van der Waals surface area contributed by atoms with Crippen LogP contribution in [-0.4, -0.2) is 97.5 Å². The molecule has 1 saturated heterocycles. The van der Waals surface area contributed by atoms with Crippen molar-refractivity contribution in [2.24, 2.45) is 0 Å². The van der Waals surface area contributed by atoms with Gasteiger partial charge in [-0.3, -0.25) is 9.35 Å². The minimum Gasteiger partial charge on any atom is -0.457 e. The molecule has 0 aromatic heterocycles. The molecule has 0 amide bonds. The fourth-order valence-electron chi connectivity index (χ4n) is 8.02. The number of esters is 1. The van der Waals surface area contributed by atoms with E-state index < -0.39 is 59.8 Å². The maximum absolute atomic E-state index is 12.9. The first-order valence-electron chi connectivity index (χ1n) is 26.4. The lowest BCUT2D eigenvalue weighted by molar-refractivity contribution is -0.301. The Balaban J connectivity index is 2.31. The van der Waals surface area contributed by atoms with Crippen LogP contribution in [-0.2, 0) is 38.3 Å². The fraction of sp³-hybridized carbons (Fsp3) is 0.830. The van der Waals surface area contributed by atoms with Crippen molar-refractivity contribution in [2.45, 2.75) is 256 Å². The summed E-state index contributed by atoms with van der Waals surface area (Å²) in [7, 11) is -5.06. The van der Waals surface area contributed by atoms with Crippen molar-refractivity contribution in [1.82, 2.24) is 0 Å². The van der Waals surface area contributed by atoms with Crippen LogP contribution in [0.25, 0.3) is 0 Å². The first-order chi connectivity index (χ1) is 32.1. The minimum atomic E-state index is -5.06. The maximum atomic E-state index is 12.9. The van der Waals surface area contributed by atoms with Gasteiger partial charge in [0.05, 0.1) is 19.8 Å². The molecule has 0 aromatic carbocycles. The van der Waals surface area contributed by atoms with Gasteiger partial charge in [-0.15, -0.1) is 0 Å². The molecule has 0 aromatic rings. The molecule has 1 heterocycles. The zero-order chi connectivity index (χ0) is 48.2. The number of hydrogen-bond acceptors (Lipinski definition) is 11. The molecule has 0 bridgehead atoms. The van der Waals surface area contributed by atoms with Crippen LogP contribution >= 0.6 is 0 Å². The molecule has 1 aliphatic rings. The van der Waals surface area contributed by atoms with Crippen molar-refractivity contribution >= 4 is 16.4 Å². The van der Waals surface area contributed by atoms with Crippen molar-refractivity contribution in [2.75, 3.05) is 26.4 Å². The molecule has 386 valence electrons. The van der Waals surface area contributed by atoms with Crippen LogP contribution in [0, 0.1) is 0 Å². The molecule has 1 aliphatic heterocycles. The van der Waals surface area contributed by atoms with Gasteiger partial charge in [0.25, 0.3) is 0 Å². The topological polar surface area (TPSA) is 178 Å². The number of aliphatic hydroxyl groups is 3. The van der Waals surface area contributed by atoms with E-state index in [9.17, 15) is 33.1 Å². The fourth-order valence-corrected chi connectivity index (χ4v) is 8.53. The Hall–Kier alpha value is -1.94. The van der Waals surface area contributed by atoms with E-state index in [0.717, 1.165) is 64.2 Å². The Morgan fingerprint density at radius 3 is 1.53 bits per heavy atom. The van der Waals surface area contributed by atoms with Crippen molar-refractivity contribution in [1.29, 1.82) is 0 Å². The third-order valence-corrected chi connectivity index (χ3v) is 12.4. The monoisotopic (exact) mass is 957 g/mol. The van der Waals surface area contributed by atoms with E-state index in [1.807, 2.05) is 0 Å². The van der Waals surface area contributed by atoms with Gasteiger partial charge in [0.15, 0.2) is 6.29 Å². The van der Waals surface area contributed by atoms with Crippen LogP contribution in [0.2, 0.25) is 0 Å². The summed E-state index contributed by atoms with van der Waals surface area (Å²) in [5, 5.41) is 30.8. The van der Waals surface area contributed by atoms with Gasteiger partial charge >= 0.3 is 16.4 Å². The van der Waals surface area contributed by atoms with Crippen LogP contribution in [0.3, 0.4) is 0 Å². The first-order valence-corrected chi connectivity index (χ1v) is 27.8. The SMILES string of the molecule is CC/C=C\C/C=C\C/C=C\C/C=C\CCCCCCCCCCCCCCC(=O)OC(COCCCCCCCCCCCCCCCC)COC1OC(CO)C(O)C(OS(=O)(=O)O)C1O. The number of aliphatic hydroxyl groups excluding tert-OH is 3. The summed E-state index contributed by atoms with van der Waals surface area (Å²) >= 11 is 0. The van der Waals surface area contributed by atoms with Crippen molar-refractivity contribution in [3.05, 3.63) is 48.6 Å². The molecule has 13 heteroatoms. The van der Waals surface area contributed by atoms with Gasteiger partial charge in [-0.25, -0.2) is 4.18 Å². The number of allylic oxidation sites excluding steroid dienone is 8. The number of unbranched alkanes of at least 4 members (excludes halogenated alkanes) is 25. The maximum Gasteiger partial charge on any atom is 0.397 e. The van der Waals surface area contributed by atoms with Gasteiger partial charge in [0.1, 0.15) is 30.5 Å². The third kappa shape index (κ3) is 37.0. The molecule has 66 heavy (non-hydrogen) atoms. The zero-order valence-corrected chi connectivity index (χ0v) is 42.3. The van der Waals surface area contributed by atoms with Gasteiger partial charge in [-0.05, 0) is 51.4 Å². The van der Waals surface area contributed by atoms with E-state index in [2.05, 4.69) is 66.6 Å². The predicted molar refractivity (Wildman–Crippen MR) is 266 cm³/mol. The molecule has 1 rings (SSSR count). The Labute approximate surface area is 402 Å². The second-order valence-corrected chi connectivity index (χ2v) is 19.1. The van der Waals surface area contributed by atoms with E-state index in [0.29, 0.717) is 13.0 Å². The number of ether oxygens (including phenoxy) is 4. The molecule has 0 spiro atoms. The van der Waals surface area contributed by atoms with Gasteiger partial charge in [0.2, 0.25) is 0 Å². The molecule has 12 nitrogen and oxygen atoms in total. The number of carbonyl (C=O) groups excluding carboxylic acids is 1. The van der Waals surface area contributed by atoms with Crippen molar-refractivity contribution < 1.29 is 56.2 Å². The summed E-state index contributed by atoms with van der Waals surface area (Å²) in [6.45, 7) is 3.91. The lowest BCUT2D eigenvalue weighted by Gasteiger charge is -2.41. The van der Waals surface area contributed by atoms with Gasteiger partial charge in [-0.1, -0.05) is 210 Å². The van der Waals surface area contributed by atoms with E-state index in [1.54, 1.807) is 0 Å². The number of rotatable bonds is 46. The van der Waals surface area contributed by atoms with E-state index in [1.165, 1.54) is 128 Å². The smallest absolute Gasteiger partial charge is 0.397 e. The molecule has 0 aliphatic carbocycles. The second-order valence-electron chi connectivity index (χ2n) is 18.1. The van der Waals surface area contributed by atoms with Gasteiger partial charge in [-0.2, -0.15) is 8.42 Å². The summed E-state index contributed by atoms with van der Waals surface area (Å²) in [6.07, 6.45) is 45.7. The standard InChI is InChI=1S/C53H96O12S/c1-3-5-7-9-11-13-15-17-19-20-21-22-23-24-25-26-27-28-29-30-32-34-36-38-40-42-49(55)63-47(45-61-43-41-39-37-35-33-31-18-16-14-12-10-8-6-4-2)46-62-53-51(57)52(65-66(58,59)60)50(56)48(44-54)64-53/h5,7,11,13,17,19,21-22,47-48,50-54,56-57H,3-4,6,8-10,12,14-16,18,20,23-46H2,1-2H3,(H,58,59,60)/b7-5-,13-11-,19-17-,22-21-. The summed E-state index contributed by atoms with van der Waals surface area (Å²) in [5.41, 5.74) is 0. The van der Waals surface area contributed by atoms with Crippen LogP contribution in [0.15, 0.2) is 48.6 Å². The molecule has 6 unspecified atom stereocenters. The lowest BCUT2D eigenvalue weighted by Crippen LogP contribution is -2.60. The highest BCUT2D eigenvalue weighted by Gasteiger charge is 2.48. The van der Waals surface area contributed by atoms with E-state index in [4.69, 9.17) is 18.9 Å². The largest absolute Gasteiger partial charge is 0.457 e. The van der Waals surface area contributed by atoms with Gasteiger partial charge in [0, 0.05) is 13.0 Å². The first kappa shape index (κ1) is 62.1. The number of carbonyl (C=O) groups is 1. The highest BCUT2D eigenvalue weighted by molar-refractivity contribution is 7.80. The van der Waals surface area contributed by atoms with E-state index >= 15 is 0 Å². The molecule has 1 fully saturated rings. The van der Waals surface area contributed by atoms with Gasteiger partial charge < -0.3 is 34.3 Å². The summed E-state index contributed by atoms with van der Waals surface area (Å²) in [5.74, 6) is -0.400. The second kappa shape index (κ2) is 44.3. The van der Waals surface area contributed by atoms with Crippen molar-refractivity contribution in [3.63, 3.8) is 0 Å². The molecule has 6 atom stereocenters. The van der Waals surface area contributed by atoms with Crippen molar-refractivity contribution in [3.8, 4) is 0 Å². The van der Waals surface area contributed by atoms with E-state index in [-0.39, 0.29) is 19.6 Å². The van der Waals surface area contributed by atoms with Crippen LogP contribution < -0.4 is 0 Å². The Kier molecular flexibility index (Phi) is 41.6. The molecule has 0 radical (unpaired) electrons. The highest BCUT2D eigenvalue weighted by atomic mass is 32.3. The average Bonchev–Trinajstić information content (AvgIpc) is 3.29. The molecule has 4 N–H and O–H groups in total. The summed E-state index contributed by atoms with van der Waals surface area (Å²) in [6, 6.07) is 0. The minimum absolute atomic E-state index is 0.0377. The van der Waals surface area contributed by atoms with Crippen LogP contribution in [0.5, 0.6) is 0 Å². The molecular weight excluding hydrogens is 861 g/mol. The Morgan fingerprint density at radius 1 is 0.591 bits per heavy atom. The quantitative estimate of drug-likeness (QED) is 0.0197. The van der Waals surface area contributed by atoms with Crippen LogP contribution in [0.4, 0.5) is 0 Å². The average molecular weight is 957 g/mol. The molecule has 0 saturated carbocycles. The predicted octanol–water partition coefficient (Wildman–Crippen LogP) is 12.3. The highest BCUT2D eigenvalue weighted by Crippen LogP contribution is 2.26. The summed E-state index contributed by atoms with van der Waals surface area (Å²) < 4.78 is 59.3. The molecular formula is C53H96O12S. The van der Waals surface area contributed by atoms with Crippen LogP contribution in [0.1, 0.15) is 219 Å². The Bertz CT molecular complexity index is 1340. The normalized spacial score (nSPS) is 19.9. The zero-order valence-electron chi connectivity index (χ0n) is 41.5.